The van der Waals surface area contributed by atoms with Crippen LogP contribution in [0.5, 0.6) is 0 Å². The van der Waals surface area contributed by atoms with Gasteiger partial charge in [0.15, 0.2) is 0 Å². The van der Waals surface area contributed by atoms with Crippen molar-refractivity contribution < 1.29 is 17.6 Å². The summed E-state index contributed by atoms with van der Waals surface area (Å²) in [6.45, 7) is 0.501. The SMILES string of the molecule is O=C(NCCSCc1ccco1)c1cccc(S(=O)(=O)NC2CC2)c1. The minimum atomic E-state index is -3.55. The summed E-state index contributed by atoms with van der Waals surface area (Å²) in [5.41, 5.74) is 0.342. The molecule has 8 heteroatoms. The monoisotopic (exact) mass is 380 g/mol. The normalized spacial score (nSPS) is 14.4. The van der Waals surface area contributed by atoms with Crippen LogP contribution in [0.4, 0.5) is 0 Å². The second kappa shape index (κ2) is 8.07. The lowest BCUT2D eigenvalue weighted by molar-refractivity contribution is 0.0956. The Labute approximate surface area is 151 Å². The number of amides is 1. The molecule has 2 aromatic rings. The minimum absolute atomic E-state index is 0.0358. The maximum atomic E-state index is 12.2. The molecule has 6 nitrogen and oxygen atoms in total. The first-order valence-electron chi connectivity index (χ1n) is 8.05. The van der Waals surface area contributed by atoms with Crippen molar-refractivity contribution in [3.05, 3.63) is 54.0 Å². The van der Waals surface area contributed by atoms with Crippen LogP contribution < -0.4 is 10.0 Å². The average Bonchev–Trinajstić information content (AvgIpc) is 3.24. The fourth-order valence-corrected chi connectivity index (χ4v) is 4.31. The third kappa shape index (κ3) is 5.35. The van der Waals surface area contributed by atoms with Gasteiger partial charge in [-0.3, -0.25) is 4.79 Å². The summed E-state index contributed by atoms with van der Waals surface area (Å²) in [6.07, 6.45) is 3.38. The second-order valence-corrected chi connectivity index (χ2v) is 8.63. The van der Waals surface area contributed by atoms with E-state index in [0.717, 1.165) is 30.1 Å². The Balaban J connectivity index is 1.49. The number of hydrogen-bond acceptors (Lipinski definition) is 5. The molecule has 0 spiro atoms. The van der Waals surface area contributed by atoms with E-state index < -0.39 is 10.0 Å². The molecule has 0 radical (unpaired) electrons. The molecular formula is C17H20N2O4S2. The van der Waals surface area contributed by atoms with Crippen LogP contribution in [-0.2, 0) is 15.8 Å². The van der Waals surface area contributed by atoms with Crippen LogP contribution in [0, 0.1) is 0 Å². The highest BCUT2D eigenvalue weighted by atomic mass is 32.2. The zero-order chi connectivity index (χ0) is 17.7. The highest BCUT2D eigenvalue weighted by Crippen LogP contribution is 2.22. The third-order valence-electron chi connectivity index (χ3n) is 3.66. The summed E-state index contributed by atoms with van der Waals surface area (Å²) in [4.78, 5) is 12.3. The highest BCUT2D eigenvalue weighted by molar-refractivity contribution is 7.98. The number of rotatable bonds is 9. The molecule has 1 aliphatic carbocycles. The van der Waals surface area contributed by atoms with Gasteiger partial charge in [-0.2, -0.15) is 11.8 Å². The van der Waals surface area contributed by atoms with Crippen LogP contribution in [0.25, 0.3) is 0 Å². The lowest BCUT2D eigenvalue weighted by Crippen LogP contribution is -2.28. The molecular weight excluding hydrogens is 360 g/mol. The van der Waals surface area contributed by atoms with Gasteiger partial charge < -0.3 is 9.73 Å². The van der Waals surface area contributed by atoms with Crippen LogP contribution in [0.1, 0.15) is 29.0 Å². The standard InChI is InChI=1S/C17H20N2O4S2/c20-17(18-8-10-24-12-15-4-2-9-23-15)13-3-1-5-16(11-13)25(21,22)19-14-6-7-14/h1-5,9,11,14,19H,6-8,10,12H2,(H,18,20). The Morgan fingerprint density at radius 3 is 2.80 bits per heavy atom. The molecule has 1 fully saturated rings. The minimum Gasteiger partial charge on any atom is -0.468 e. The molecule has 1 amide bonds. The Bertz CT molecular complexity index is 815. The van der Waals surface area contributed by atoms with Gasteiger partial charge in [0.2, 0.25) is 10.0 Å². The smallest absolute Gasteiger partial charge is 0.251 e. The first-order valence-corrected chi connectivity index (χ1v) is 10.7. The van der Waals surface area contributed by atoms with E-state index in [2.05, 4.69) is 10.0 Å². The number of sulfonamides is 1. The fraction of sp³-hybridized carbons (Fsp3) is 0.353. The van der Waals surface area contributed by atoms with Crippen molar-refractivity contribution in [1.29, 1.82) is 0 Å². The van der Waals surface area contributed by atoms with Crippen molar-refractivity contribution in [2.75, 3.05) is 12.3 Å². The van der Waals surface area contributed by atoms with Crippen LogP contribution >= 0.6 is 11.8 Å². The van der Waals surface area contributed by atoms with Crippen molar-refractivity contribution in [2.45, 2.75) is 29.5 Å². The number of carbonyl (C=O) groups is 1. The number of thioether (sulfide) groups is 1. The van der Waals surface area contributed by atoms with E-state index in [1.165, 1.54) is 12.1 Å². The third-order valence-corrected chi connectivity index (χ3v) is 6.16. The van der Waals surface area contributed by atoms with E-state index in [9.17, 15) is 13.2 Å². The zero-order valence-corrected chi connectivity index (χ0v) is 15.2. The topological polar surface area (TPSA) is 88.4 Å². The van der Waals surface area contributed by atoms with E-state index >= 15 is 0 Å². The van der Waals surface area contributed by atoms with E-state index in [4.69, 9.17) is 4.42 Å². The van der Waals surface area contributed by atoms with Gasteiger partial charge in [0.1, 0.15) is 5.76 Å². The lowest BCUT2D eigenvalue weighted by Gasteiger charge is -2.08. The van der Waals surface area contributed by atoms with Gasteiger partial charge in [-0.25, -0.2) is 13.1 Å². The van der Waals surface area contributed by atoms with Gasteiger partial charge in [0.05, 0.1) is 16.9 Å². The van der Waals surface area contributed by atoms with E-state index in [-0.39, 0.29) is 16.8 Å². The van der Waals surface area contributed by atoms with Gasteiger partial charge in [0, 0.05) is 23.9 Å². The second-order valence-electron chi connectivity index (χ2n) is 5.81. The maximum Gasteiger partial charge on any atom is 0.251 e. The molecule has 0 saturated heterocycles. The summed E-state index contributed by atoms with van der Waals surface area (Å²) in [5, 5.41) is 2.81. The molecule has 0 unspecified atom stereocenters. The Hall–Kier alpha value is -1.77. The summed E-state index contributed by atoms with van der Waals surface area (Å²) in [7, 11) is -3.55. The molecule has 134 valence electrons. The van der Waals surface area contributed by atoms with E-state index in [1.54, 1.807) is 30.2 Å². The number of furan rings is 1. The van der Waals surface area contributed by atoms with Crippen molar-refractivity contribution in [2.24, 2.45) is 0 Å². The molecule has 0 bridgehead atoms. The summed E-state index contributed by atoms with van der Waals surface area (Å²) in [5.74, 6) is 2.12. The number of carbonyl (C=O) groups excluding carboxylic acids is 1. The quantitative estimate of drug-likeness (QED) is 0.652. The number of hydrogen-bond donors (Lipinski definition) is 2. The molecule has 3 rings (SSSR count). The van der Waals surface area contributed by atoms with Crippen LogP contribution in [0.3, 0.4) is 0 Å². The molecule has 1 saturated carbocycles. The van der Waals surface area contributed by atoms with E-state index in [0.29, 0.717) is 12.1 Å². The zero-order valence-electron chi connectivity index (χ0n) is 13.6. The Kier molecular flexibility index (Phi) is 5.82. The molecule has 1 aliphatic rings. The summed E-state index contributed by atoms with van der Waals surface area (Å²) in [6, 6.07) is 9.90. The molecule has 0 aliphatic heterocycles. The van der Waals surface area contributed by atoms with Crippen LogP contribution in [0.2, 0.25) is 0 Å². The number of nitrogens with one attached hydrogen (secondary N) is 2. The summed E-state index contributed by atoms with van der Waals surface area (Å²) >= 11 is 1.65. The largest absolute Gasteiger partial charge is 0.468 e. The molecule has 1 aromatic carbocycles. The first-order chi connectivity index (χ1) is 12.0. The van der Waals surface area contributed by atoms with Gasteiger partial charge in [-0.05, 0) is 43.2 Å². The molecule has 1 heterocycles. The van der Waals surface area contributed by atoms with Crippen LogP contribution in [-0.4, -0.2) is 32.7 Å². The van der Waals surface area contributed by atoms with Crippen LogP contribution in [0.15, 0.2) is 52.0 Å². The summed E-state index contributed by atoms with van der Waals surface area (Å²) < 4.78 is 32.3. The number of benzene rings is 1. The van der Waals surface area contributed by atoms with Gasteiger partial charge >= 0.3 is 0 Å². The van der Waals surface area contributed by atoms with Crippen molar-refractivity contribution >= 4 is 27.7 Å². The van der Waals surface area contributed by atoms with Gasteiger partial charge in [-0.1, -0.05) is 6.07 Å². The van der Waals surface area contributed by atoms with Gasteiger partial charge in [-0.15, -0.1) is 0 Å². The molecule has 0 atom stereocenters. The predicted octanol–water partition coefficient (Wildman–Crippen LogP) is 2.38. The molecule has 2 N–H and O–H groups in total. The predicted molar refractivity (Wildman–Crippen MR) is 97.0 cm³/mol. The Morgan fingerprint density at radius 1 is 1.24 bits per heavy atom. The van der Waals surface area contributed by atoms with Gasteiger partial charge in [0.25, 0.3) is 5.91 Å². The maximum absolute atomic E-state index is 12.2. The van der Waals surface area contributed by atoms with E-state index in [1.807, 2.05) is 12.1 Å². The van der Waals surface area contributed by atoms with Crippen molar-refractivity contribution in [3.63, 3.8) is 0 Å². The highest BCUT2D eigenvalue weighted by Gasteiger charge is 2.28. The first kappa shape index (κ1) is 18.0. The fourth-order valence-electron chi connectivity index (χ4n) is 2.20. The molecule has 25 heavy (non-hydrogen) atoms. The Morgan fingerprint density at radius 2 is 2.08 bits per heavy atom. The lowest BCUT2D eigenvalue weighted by atomic mass is 10.2. The van der Waals surface area contributed by atoms with Crippen molar-refractivity contribution in [1.82, 2.24) is 10.0 Å². The average molecular weight is 380 g/mol. The van der Waals surface area contributed by atoms with Crippen molar-refractivity contribution in [3.8, 4) is 0 Å². The molecule has 1 aromatic heterocycles.